The van der Waals surface area contributed by atoms with Crippen molar-refractivity contribution in [3.63, 3.8) is 0 Å². The van der Waals surface area contributed by atoms with Crippen molar-refractivity contribution < 1.29 is 4.79 Å². The minimum atomic E-state index is -0.384. The number of aromatic nitrogens is 4. The van der Waals surface area contributed by atoms with Gasteiger partial charge in [0.1, 0.15) is 11.9 Å². The Labute approximate surface area is 145 Å². The molecule has 2 saturated heterocycles. The van der Waals surface area contributed by atoms with Crippen LogP contribution in [0.25, 0.3) is 5.78 Å². The van der Waals surface area contributed by atoms with Gasteiger partial charge in [0.05, 0.1) is 0 Å². The van der Waals surface area contributed by atoms with Crippen LogP contribution in [0, 0.1) is 5.92 Å². The maximum absolute atomic E-state index is 12.8. The molecule has 2 fully saturated rings. The number of rotatable bonds is 3. The van der Waals surface area contributed by atoms with Gasteiger partial charge >= 0.3 is 0 Å². The summed E-state index contributed by atoms with van der Waals surface area (Å²) in [5.41, 5.74) is -0.272. The van der Waals surface area contributed by atoms with Crippen LogP contribution < -0.4 is 5.56 Å². The first-order valence-corrected chi connectivity index (χ1v) is 9.15. The van der Waals surface area contributed by atoms with Gasteiger partial charge in [-0.2, -0.15) is 4.52 Å². The van der Waals surface area contributed by atoms with Gasteiger partial charge in [0.25, 0.3) is 17.2 Å². The number of carbonyl (C=O) groups excluding carboxylic acids is 1. The molecule has 0 unspecified atom stereocenters. The summed E-state index contributed by atoms with van der Waals surface area (Å²) in [4.78, 5) is 37.7. The first-order valence-electron chi connectivity index (χ1n) is 9.15. The molecule has 8 heteroatoms. The van der Waals surface area contributed by atoms with Crippen LogP contribution >= 0.6 is 0 Å². The predicted octanol–water partition coefficient (Wildman–Crippen LogP) is 0.756. The van der Waals surface area contributed by atoms with E-state index in [9.17, 15) is 9.59 Å². The fraction of sp³-hybridized carbons (Fsp3) is 0.647. The van der Waals surface area contributed by atoms with Crippen molar-refractivity contribution in [2.24, 2.45) is 5.92 Å². The zero-order valence-electron chi connectivity index (χ0n) is 14.4. The van der Waals surface area contributed by atoms with E-state index < -0.39 is 0 Å². The Morgan fingerprint density at radius 3 is 2.84 bits per heavy atom. The summed E-state index contributed by atoms with van der Waals surface area (Å²) in [5, 5.41) is 2.70. The fourth-order valence-corrected chi connectivity index (χ4v) is 4.02. The molecule has 4 rings (SSSR count). The van der Waals surface area contributed by atoms with E-state index in [2.05, 4.69) is 20.0 Å². The number of fused-ring (bicyclic) bond motifs is 1. The average molecular weight is 344 g/mol. The lowest BCUT2D eigenvalue weighted by Gasteiger charge is -2.36. The van der Waals surface area contributed by atoms with Gasteiger partial charge < -0.3 is 9.80 Å². The minimum Gasteiger partial charge on any atom is -0.338 e. The SMILES string of the molecule is O=C(c1cnc2nc[nH]n2c1=O)N1CCC[C@H](CN2CCCCC2)C1. The number of carbonyl (C=O) groups is 1. The second-order valence-corrected chi connectivity index (χ2v) is 7.12. The van der Waals surface area contributed by atoms with Gasteiger partial charge in [0.2, 0.25) is 0 Å². The molecule has 0 bridgehead atoms. The molecule has 2 aliphatic rings. The van der Waals surface area contributed by atoms with Crippen LogP contribution in [0.2, 0.25) is 0 Å². The molecule has 134 valence electrons. The number of amides is 1. The third kappa shape index (κ3) is 3.30. The summed E-state index contributed by atoms with van der Waals surface area (Å²) >= 11 is 0. The molecule has 1 N–H and O–H groups in total. The molecule has 1 amide bonds. The zero-order chi connectivity index (χ0) is 17.2. The molecule has 0 aromatic carbocycles. The normalized spacial score (nSPS) is 22.4. The molecule has 25 heavy (non-hydrogen) atoms. The summed E-state index contributed by atoms with van der Waals surface area (Å²) < 4.78 is 1.21. The van der Waals surface area contributed by atoms with Crippen LogP contribution in [0.4, 0.5) is 0 Å². The number of hydrogen-bond acceptors (Lipinski definition) is 5. The van der Waals surface area contributed by atoms with Gasteiger partial charge in [-0.25, -0.2) is 9.97 Å². The number of likely N-dealkylation sites (tertiary alicyclic amines) is 2. The Bertz CT molecular complexity index is 807. The Morgan fingerprint density at radius 1 is 1.16 bits per heavy atom. The lowest BCUT2D eigenvalue weighted by atomic mass is 9.96. The molecule has 0 spiro atoms. The van der Waals surface area contributed by atoms with Crippen molar-refractivity contribution in [2.75, 3.05) is 32.7 Å². The average Bonchev–Trinajstić information content (AvgIpc) is 3.12. The Balaban J connectivity index is 1.47. The number of nitrogens with zero attached hydrogens (tertiary/aromatic N) is 5. The second-order valence-electron chi connectivity index (χ2n) is 7.12. The molecule has 0 aliphatic carbocycles. The second kappa shape index (κ2) is 6.95. The molecule has 0 saturated carbocycles. The van der Waals surface area contributed by atoms with E-state index >= 15 is 0 Å². The summed E-state index contributed by atoms with van der Waals surface area (Å²) in [6, 6.07) is 0. The first kappa shape index (κ1) is 16.3. The highest BCUT2D eigenvalue weighted by molar-refractivity contribution is 5.93. The third-order valence-electron chi connectivity index (χ3n) is 5.31. The van der Waals surface area contributed by atoms with Crippen molar-refractivity contribution in [3.8, 4) is 0 Å². The maximum atomic E-state index is 12.8. The lowest BCUT2D eigenvalue weighted by Crippen LogP contribution is -2.46. The quantitative estimate of drug-likeness (QED) is 0.888. The Morgan fingerprint density at radius 2 is 2.00 bits per heavy atom. The predicted molar refractivity (Wildman–Crippen MR) is 92.5 cm³/mol. The highest BCUT2D eigenvalue weighted by Crippen LogP contribution is 2.20. The number of nitrogens with one attached hydrogen (secondary N) is 1. The number of aromatic amines is 1. The van der Waals surface area contributed by atoms with E-state index in [1.165, 1.54) is 49.4 Å². The van der Waals surface area contributed by atoms with Crippen LogP contribution in [0.5, 0.6) is 0 Å². The van der Waals surface area contributed by atoms with E-state index in [1.807, 2.05) is 4.90 Å². The minimum absolute atomic E-state index is 0.111. The molecule has 4 heterocycles. The summed E-state index contributed by atoms with van der Waals surface area (Å²) in [7, 11) is 0. The van der Waals surface area contributed by atoms with E-state index in [0.717, 1.165) is 25.9 Å². The molecule has 2 aliphatic heterocycles. The molecule has 0 radical (unpaired) electrons. The van der Waals surface area contributed by atoms with Gasteiger partial charge in [-0.15, -0.1) is 0 Å². The van der Waals surface area contributed by atoms with Crippen LogP contribution in [0.1, 0.15) is 42.5 Å². The summed E-state index contributed by atoms with van der Waals surface area (Å²) in [6.45, 7) is 4.83. The summed E-state index contributed by atoms with van der Waals surface area (Å²) in [5.74, 6) is 0.551. The fourth-order valence-electron chi connectivity index (χ4n) is 4.02. The molecule has 1 atom stereocenters. The zero-order valence-corrected chi connectivity index (χ0v) is 14.4. The van der Waals surface area contributed by atoms with Crippen molar-refractivity contribution in [3.05, 3.63) is 28.4 Å². The van der Waals surface area contributed by atoms with Crippen molar-refractivity contribution >= 4 is 11.7 Å². The van der Waals surface area contributed by atoms with Gasteiger partial charge in [-0.1, -0.05) is 6.42 Å². The van der Waals surface area contributed by atoms with E-state index in [0.29, 0.717) is 12.5 Å². The van der Waals surface area contributed by atoms with Gasteiger partial charge in [0, 0.05) is 25.8 Å². The van der Waals surface area contributed by atoms with Gasteiger partial charge in [0.15, 0.2) is 0 Å². The smallest absolute Gasteiger partial charge is 0.286 e. The van der Waals surface area contributed by atoms with E-state index in [-0.39, 0.29) is 22.8 Å². The molecule has 2 aromatic heterocycles. The van der Waals surface area contributed by atoms with Gasteiger partial charge in [-0.05, 0) is 44.7 Å². The largest absolute Gasteiger partial charge is 0.338 e. The van der Waals surface area contributed by atoms with Crippen molar-refractivity contribution in [1.82, 2.24) is 29.4 Å². The van der Waals surface area contributed by atoms with E-state index in [4.69, 9.17) is 0 Å². The highest BCUT2D eigenvalue weighted by atomic mass is 16.2. The van der Waals surface area contributed by atoms with Crippen LogP contribution in [-0.4, -0.2) is 68.0 Å². The number of piperidine rings is 2. The first-order chi connectivity index (χ1) is 12.2. The highest BCUT2D eigenvalue weighted by Gasteiger charge is 2.28. The number of H-pyrrole nitrogens is 1. The lowest BCUT2D eigenvalue weighted by molar-refractivity contribution is 0.0628. The van der Waals surface area contributed by atoms with E-state index in [1.54, 1.807) is 0 Å². The monoisotopic (exact) mass is 344 g/mol. The van der Waals surface area contributed by atoms with Crippen molar-refractivity contribution in [1.29, 1.82) is 0 Å². The molecule has 2 aromatic rings. The van der Waals surface area contributed by atoms with Gasteiger partial charge in [-0.3, -0.25) is 14.7 Å². The molecule has 8 nitrogen and oxygen atoms in total. The van der Waals surface area contributed by atoms with Crippen LogP contribution in [0.3, 0.4) is 0 Å². The molecular formula is C17H24N6O2. The van der Waals surface area contributed by atoms with Crippen LogP contribution in [-0.2, 0) is 0 Å². The van der Waals surface area contributed by atoms with Crippen molar-refractivity contribution in [2.45, 2.75) is 32.1 Å². The molecular weight excluding hydrogens is 320 g/mol. The standard InChI is InChI=1S/C17H24N6O2/c24-15(14-9-18-17-19-12-20-23(17)16(14)25)22-8-4-5-13(11-22)10-21-6-2-1-3-7-21/h9,12-13H,1-8,10-11H2,(H,18,19,20)/t13-/m1/s1. The van der Waals surface area contributed by atoms with Crippen LogP contribution in [0.15, 0.2) is 17.3 Å². The Kier molecular flexibility index (Phi) is 4.52. The number of hydrogen-bond donors (Lipinski definition) is 1. The third-order valence-corrected chi connectivity index (χ3v) is 5.31. The maximum Gasteiger partial charge on any atom is 0.286 e. The summed E-state index contributed by atoms with van der Waals surface area (Å²) in [6.07, 6.45) is 8.79. The topological polar surface area (TPSA) is 86.6 Å². The Hall–Kier alpha value is -2.22.